The molecule has 0 radical (unpaired) electrons. The van der Waals surface area contributed by atoms with Crippen LogP contribution in [0.4, 0.5) is 11.5 Å². The van der Waals surface area contributed by atoms with Crippen molar-refractivity contribution in [2.45, 2.75) is 13.0 Å². The minimum Gasteiger partial charge on any atom is -0.366 e. The molecule has 3 aromatic rings. The molecule has 0 atom stereocenters. The third-order valence-corrected chi connectivity index (χ3v) is 4.15. The van der Waals surface area contributed by atoms with Crippen LogP contribution in [0, 0.1) is 0 Å². The summed E-state index contributed by atoms with van der Waals surface area (Å²) in [6, 6.07) is 17.8. The van der Waals surface area contributed by atoms with Crippen molar-refractivity contribution in [1.29, 1.82) is 0 Å². The quantitative estimate of drug-likeness (QED) is 0.722. The summed E-state index contributed by atoms with van der Waals surface area (Å²) in [5.74, 6) is 0.754. The van der Waals surface area contributed by atoms with Crippen LogP contribution in [-0.4, -0.2) is 10.9 Å². The topological polar surface area (TPSA) is 54.0 Å². The fraction of sp³-hybridized carbons (Fsp3) is 0.111. The second-order valence-corrected chi connectivity index (χ2v) is 6.11. The van der Waals surface area contributed by atoms with Crippen LogP contribution in [-0.2, 0) is 17.8 Å². The van der Waals surface area contributed by atoms with Crippen molar-refractivity contribution in [3.63, 3.8) is 0 Å². The van der Waals surface area contributed by atoms with Crippen LogP contribution in [0.15, 0.2) is 66.2 Å². The second kappa shape index (κ2) is 7.56. The minimum absolute atomic E-state index is 0.0285. The van der Waals surface area contributed by atoms with Gasteiger partial charge in [-0.25, -0.2) is 4.98 Å². The molecule has 0 aliphatic rings. The molecule has 1 amide bonds. The number of aromatic nitrogens is 1. The molecule has 23 heavy (non-hydrogen) atoms. The first-order valence-corrected chi connectivity index (χ1v) is 8.24. The number of amides is 1. The maximum Gasteiger partial charge on any atom is 0.229 e. The van der Waals surface area contributed by atoms with Crippen LogP contribution in [0.1, 0.15) is 10.4 Å². The number of anilines is 2. The lowest BCUT2D eigenvalue weighted by Crippen LogP contribution is -2.14. The number of pyridine rings is 1. The molecule has 0 spiro atoms. The van der Waals surface area contributed by atoms with Gasteiger partial charge in [-0.2, -0.15) is 0 Å². The first kappa shape index (κ1) is 15.2. The lowest BCUT2D eigenvalue weighted by atomic mass is 10.2. The Labute approximate surface area is 139 Å². The Morgan fingerprint density at radius 1 is 1.04 bits per heavy atom. The van der Waals surface area contributed by atoms with Crippen LogP contribution < -0.4 is 10.6 Å². The first-order chi connectivity index (χ1) is 11.3. The summed E-state index contributed by atoms with van der Waals surface area (Å²) < 4.78 is 0. The molecule has 0 aliphatic carbocycles. The summed E-state index contributed by atoms with van der Waals surface area (Å²) in [6.07, 6.45) is 2.06. The standard InChI is InChI=1S/C18H17N3OS/c22-18(11-16-7-4-10-23-16)21-15-8-9-17(20-13-15)19-12-14-5-2-1-3-6-14/h1-10,13H,11-12H2,(H,19,20)(H,21,22). The number of benzene rings is 1. The summed E-state index contributed by atoms with van der Waals surface area (Å²) in [5, 5.41) is 8.08. The van der Waals surface area contributed by atoms with E-state index < -0.39 is 0 Å². The monoisotopic (exact) mass is 323 g/mol. The normalized spacial score (nSPS) is 10.3. The molecule has 2 heterocycles. The Hall–Kier alpha value is -2.66. The average Bonchev–Trinajstić information content (AvgIpc) is 3.08. The second-order valence-electron chi connectivity index (χ2n) is 5.08. The Balaban J connectivity index is 1.51. The SMILES string of the molecule is O=C(Cc1cccs1)Nc1ccc(NCc2ccccc2)nc1. The predicted octanol–water partition coefficient (Wildman–Crippen LogP) is 3.94. The van der Waals surface area contributed by atoms with Gasteiger partial charge in [0, 0.05) is 11.4 Å². The van der Waals surface area contributed by atoms with Crippen LogP contribution in [0.25, 0.3) is 0 Å². The lowest BCUT2D eigenvalue weighted by molar-refractivity contribution is -0.115. The summed E-state index contributed by atoms with van der Waals surface area (Å²) in [5.41, 5.74) is 1.90. The van der Waals surface area contributed by atoms with Gasteiger partial charge in [0.25, 0.3) is 0 Å². The van der Waals surface area contributed by atoms with E-state index >= 15 is 0 Å². The molecule has 2 N–H and O–H groups in total. The van der Waals surface area contributed by atoms with Crippen LogP contribution in [0.3, 0.4) is 0 Å². The van der Waals surface area contributed by atoms with Crippen molar-refractivity contribution in [1.82, 2.24) is 4.98 Å². The maximum atomic E-state index is 11.9. The van der Waals surface area contributed by atoms with Crippen molar-refractivity contribution in [2.24, 2.45) is 0 Å². The smallest absolute Gasteiger partial charge is 0.229 e. The number of carbonyl (C=O) groups is 1. The molecule has 1 aromatic carbocycles. The zero-order chi connectivity index (χ0) is 15.9. The van der Waals surface area contributed by atoms with Crippen molar-refractivity contribution in [3.05, 3.63) is 76.6 Å². The Bertz CT molecular complexity index is 740. The number of nitrogens with one attached hydrogen (secondary N) is 2. The Morgan fingerprint density at radius 2 is 1.91 bits per heavy atom. The van der Waals surface area contributed by atoms with E-state index in [1.807, 2.05) is 47.8 Å². The predicted molar refractivity (Wildman–Crippen MR) is 94.7 cm³/mol. The third-order valence-electron chi connectivity index (χ3n) is 3.28. The number of carbonyl (C=O) groups excluding carboxylic acids is 1. The molecule has 0 bridgehead atoms. The van der Waals surface area contributed by atoms with Gasteiger partial charge in [0.1, 0.15) is 5.82 Å². The van der Waals surface area contributed by atoms with E-state index in [4.69, 9.17) is 0 Å². The zero-order valence-electron chi connectivity index (χ0n) is 12.5. The largest absolute Gasteiger partial charge is 0.366 e. The van der Waals surface area contributed by atoms with Gasteiger partial charge in [0.2, 0.25) is 5.91 Å². The van der Waals surface area contributed by atoms with Gasteiger partial charge in [-0.15, -0.1) is 11.3 Å². The van der Waals surface area contributed by atoms with E-state index in [9.17, 15) is 4.79 Å². The number of hydrogen-bond donors (Lipinski definition) is 2. The molecule has 0 fully saturated rings. The van der Waals surface area contributed by atoms with Gasteiger partial charge in [0.05, 0.1) is 18.3 Å². The van der Waals surface area contributed by atoms with Crippen molar-refractivity contribution >= 4 is 28.7 Å². The highest BCUT2D eigenvalue weighted by Crippen LogP contribution is 2.13. The van der Waals surface area contributed by atoms with E-state index in [0.717, 1.165) is 17.2 Å². The molecule has 5 heteroatoms. The minimum atomic E-state index is -0.0285. The number of nitrogens with zero attached hydrogens (tertiary/aromatic N) is 1. The van der Waals surface area contributed by atoms with Gasteiger partial charge in [0.15, 0.2) is 0 Å². The Kier molecular flexibility index (Phi) is 5.01. The fourth-order valence-corrected chi connectivity index (χ4v) is 2.84. The number of hydrogen-bond acceptors (Lipinski definition) is 4. The molecule has 116 valence electrons. The molecule has 2 aromatic heterocycles. The van der Waals surface area contributed by atoms with E-state index in [1.54, 1.807) is 17.5 Å². The Morgan fingerprint density at radius 3 is 2.61 bits per heavy atom. The summed E-state index contributed by atoms with van der Waals surface area (Å²) >= 11 is 1.58. The third kappa shape index (κ3) is 4.66. The zero-order valence-corrected chi connectivity index (χ0v) is 13.3. The molecular formula is C18H17N3OS. The van der Waals surface area contributed by atoms with Crippen molar-refractivity contribution in [2.75, 3.05) is 10.6 Å². The first-order valence-electron chi connectivity index (χ1n) is 7.36. The van der Waals surface area contributed by atoms with E-state index in [0.29, 0.717) is 12.1 Å². The van der Waals surface area contributed by atoms with Crippen LogP contribution in [0.5, 0.6) is 0 Å². The molecule has 0 unspecified atom stereocenters. The van der Waals surface area contributed by atoms with Crippen molar-refractivity contribution < 1.29 is 4.79 Å². The average molecular weight is 323 g/mol. The summed E-state index contributed by atoms with van der Waals surface area (Å²) in [4.78, 5) is 17.3. The molecule has 0 aliphatic heterocycles. The molecular weight excluding hydrogens is 306 g/mol. The van der Waals surface area contributed by atoms with Gasteiger partial charge in [-0.1, -0.05) is 36.4 Å². The highest BCUT2D eigenvalue weighted by Gasteiger charge is 2.05. The van der Waals surface area contributed by atoms with Crippen LogP contribution >= 0.6 is 11.3 Å². The van der Waals surface area contributed by atoms with Gasteiger partial charge in [-0.05, 0) is 29.1 Å². The fourth-order valence-electron chi connectivity index (χ4n) is 2.14. The summed E-state index contributed by atoms with van der Waals surface area (Å²) in [6.45, 7) is 0.720. The van der Waals surface area contributed by atoms with E-state index in [1.165, 1.54) is 5.56 Å². The molecule has 0 saturated carbocycles. The van der Waals surface area contributed by atoms with Gasteiger partial charge >= 0.3 is 0 Å². The lowest BCUT2D eigenvalue weighted by Gasteiger charge is -2.07. The summed E-state index contributed by atoms with van der Waals surface area (Å²) in [7, 11) is 0. The number of rotatable bonds is 6. The van der Waals surface area contributed by atoms with E-state index in [2.05, 4.69) is 27.8 Å². The van der Waals surface area contributed by atoms with Gasteiger partial charge in [-0.3, -0.25) is 4.79 Å². The van der Waals surface area contributed by atoms with Crippen LogP contribution in [0.2, 0.25) is 0 Å². The number of thiophene rings is 1. The van der Waals surface area contributed by atoms with Gasteiger partial charge < -0.3 is 10.6 Å². The molecule has 3 rings (SSSR count). The maximum absolute atomic E-state index is 11.9. The van der Waals surface area contributed by atoms with Crippen molar-refractivity contribution in [3.8, 4) is 0 Å². The highest BCUT2D eigenvalue weighted by molar-refractivity contribution is 7.10. The van der Waals surface area contributed by atoms with E-state index in [-0.39, 0.29) is 5.91 Å². The molecule has 0 saturated heterocycles. The molecule has 4 nitrogen and oxygen atoms in total. The highest BCUT2D eigenvalue weighted by atomic mass is 32.1.